The number of thioether (sulfide) groups is 1. The summed E-state index contributed by atoms with van der Waals surface area (Å²) >= 11 is 2.09. The highest BCUT2D eigenvalue weighted by atomic mass is 32.2. The lowest BCUT2D eigenvalue weighted by Gasteiger charge is -2.48. The standard InChI is InChI=1S/C13H24N2OS/c1-10-7-13(8-14,9-17-10)15-5-6-16-12-4-2-3-11(12)15/h10-12H,2-9,14H2,1H3. The average Bonchev–Trinajstić information content (AvgIpc) is 2.95. The second-order valence-corrected chi connectivity index (χ2v) is 7.28. The van der Waals surface area contributed by atoms with E-state index in [0.29, 0.717) is 12.1 Å². The Balaban J connectivity index is 1.81. The Bertz CT molecular complexity index is 289. The molecule has 3 rings (SSSR count). The molecule has 0 spiro atoms. The first-order valence-electron chi connectivity index (χ1n) is 6.95. The second kappa shape index (κ2) is 4.72. The number of nitrogens with zero attached hydrogens (tertiary/aromatic N) is 1. The quantitative estimate of drug-likeness (QED) is 0.812. The SMILES string of the molecule is CC1CC(CN)(N2CCOC3CCCC32)CS1. The van der Waals surface area contributed by atoms with Gasteiger partial charge >= 0.3 is 0 Å². The zero-order valence-corrected chi connectivity index (χ0v) is 11.5. The van der Waals surface area contributed by atoms with Gasteiger partial charge in [-0.2, -0.15) is 11.8 Å². The fraction of sp³-hybridized carbons (Fsp3) is 1.00. The Labute approximate surface area is 108 Å². The van der Waals surface area contributed by atoms with Gasteiger partial charge in [0.1, 0.15) is 0 Å². The van der Waals surface area contributed by atoms with E-state index in [2.05, 4.69) is 23.6 Å². The summed E-state index contributed by atoms with van der Waals surface area (Å²) in [7, 11) is 0. The minimum Gasteiger partial charge on any atom is -0.375 e. The minimum atomic E-state index is 0.265. The molecule has 0 bridgehead atoms. The summed E-state index contributed by atoms with van der Waals surface area (Å²) in [5, 5.41) is 0.765. The Hall–Kier alpha value is 0.230. The first-order valence-corrected chi connectivity index (χ1v) is 8.00. The molecular formula is C13H24N2OS. The van der Waals surface area contributed by atoms with Crippen LogP contribution >= 0.6 is 11.8 Å². The molecule has 0 aromatic heterocycles. The number of nitrogens with two attached hydrogens (primary N) is 1. The molecule has 1 saturated carbocycles. The average molecular weight is 256 g/mol. The van der Waals surface area contributed by atoms with E-state index < -0.39 is 0 Å². The summed E-state index contributed by atoms with van der Waals surface area (Å²) in [5.41, 5.74) is 6.41. The van der Waals surface area contributed by atoms with E-state index in [-0.39, 0.29) is 5.54 Å². The van der Waals surface area contributed by atoms with Crippen LogP contribution in [0.25, 0.3) is 0 Å². The fourth-order valence-corrected chi connectivity index (χ4v) is 5.35. The van der Waals surface area contributed by atoms with Gasteiger partial charge in [0.15, 0.2) is 0 Å². The van der Waals surface area contributed by atoms with Crippen LogP contribution < -0.4 is 5.73 Å². The maximum absolute atomic E-state index is 6.15. The van der Waals surface area contributed by atoms with Gasteiger partial charge < -0.3 is 10.5 Å². The van der Waals surface area contributed by atoms with Crippen molar-refractivity contribution in [1.29, 1.82) is 0 Å². The number of rotatable bonds is 2. The monoisotopic (exact) mass is 256 g/mol. The number of ether oxygens (including phenoxy) is 1. The number of morpholine rings is 1. The van der Waals surface area contributed by atoms with Gasteiger partial charge in [-0.3, -0.25) is 4.90 Å². The molecule has 2 saturated heterocycles. The van der Waals surface area contributed by atoms with Gasteiger partial charge in [-0.25, -0.2) is 0 Å². The van der Waals surface area contributed by atoms with Crippen molar-refractivity contribution in [2.75, 3.05) is 25.4 Å². The molecule has 1 aliphatic carbocycles. The van der Waals surface area contributed by atoms with Crippen molar-refractivity contribution in [2.24, 2.45) is 5.73 Å². The maximum Gasteiger partial charge on any atom is 0.0731 e. The lowest BCUT2D eigenvalue weighted by Crippen LogP contribution is -2.63. The molecule has 2 heterocycles. The van der Waals surface area contributed by atoms with Crippen LogP contribution in [0.4, 0.5) is 0 Å². The molecule has 0 aromatic rings. The lowest BCUT2D eigenvalue weighted by atomic mass is 9.90. The van der Waals surface area contributed by atoms with Gasteiger partial charge in [0.2, 0.25) is 0 Å². The van der Waals surface area contributed by atoms with Crippen molar-refractivity contribution < 1.29 is 4.74 Å². The Morgan fingerprint density at radius 2 is 2.35 bits per heavy atom. The number of hydrogen-bond donors (Lipinski definition) is 1. The second-order valence-electron chi connectivity index (χ2n) is 5.86. The molecular weight excluding hydrogens is 232 g/mol. The van der Waals surface area contributed by atoms with Crippen LogP contribution in [-0.2, 0) is 4.74 Å². The van der Waals surface area contributed by atoms with Gasteiger partial charge in [0.05, 0.1) is 12.7 Å². The van der Waals surface area contributed by atoms with Gasteiger partial charge in [0, 0.05) is 35.7 Å². The Morgan fingerprint density at radius 1 is 1.47 bits per heavy atom. The van der Waals surface area contributed by atoms with Gasteiger partial charge in [-0.15, -0.1) is 0 Å². The fourth-order valence-electron chi connectivity index (χ4n) is 3.92. The summed E-state index contributed by atoms with van der Waals surface area (Å²) in [6.45, 7) is 5.15. The molecule has 0 aromatic carbocycles. The van der Waals surface area contributed by atoms with Gasteiger partial charge in [-0.1, -0.05) is 6.92 Å². The zero-order chi connectivity index (χ0) is 11.9. The van der Waals surface area contributed by atoms with Crippen molar-refractivity contribution in [3.63, 3.8) is 0 Å². The molecule has 3 fully saturated rings. The van der Waals surface area contributed by atoms with Crippen molar-refractivity contribution >= 4 is 11.8 Å². The normalized spacial score (nSPS) is 47.3. The summed E-state index contributed by atoms with van der Waals surface area (Å²) in [6.07, 6.45) is 5.65. The first-order chi connectivity index (χ1) is 8.25. The molecule has 2 N–H and O–H groups in total. The molecule has 4 atom stereocenters. The summed E-state index contributed by atoms with van der Waals surface area (Å²) in [5.74, 6) is 1.22. The van der Waals surface area contributed by atoms with E-state index in [1.54, 1.807) is 0 Å². The number of hydrogen-bond acceptors (Lipinski definition) is 4. The summed E-state index contributed by atoms with van der Waals surface area (Å²) in [6, 6.07) is 0.651. The van der Waals surface area contributed by atoms with Crippen LogP contribution in [0, 0.1) is 0 Å². The van der Waals surface area contributed by atoms with Crippen LogP contribution in [0.1, 0.15) is 32.6 Å². The molecule has 3 nitrogen and oxygen atoms in total. The van der Waals surface area contributed by atoms with E-state index in [1.807, 2.05) is 0 Å². The third-order valence-corrected chi connectivity index (χ3v) is 6.22. The third kappa shape index (κ3) is 2.03. The highest BCUT2D eigenvalue weighted by molar-refractivity contribution is 8.00. The molecule has 17 heavy (non-hydrogen) atoms. The van der Waals surface area contributed by atoms with Crippen molar-refractivity contribution in [1.82, 2.24) is 4.90 Å². The van der Waals surface area contributed by atoms with Crippen LogP contribution in [0.3, 0.4) is 0 Å². The predicted octanol–water partition coefficient (Wildman–Crippen LogP) is 1.46. The zero-order valence-electron chi connectivity index (χ0n) is 10.7. The highest BCUT2D eigenvalue weighted by Crippen LogP contribution is 2.42. The molecule has 3 aliphatic rings. The van der Waals surface area contributed by atoms with E-state index >= 15 is 0 Å². The molecule has 98 valence electrons. The van der Waals surface area contributed by atoms with Crippen molar-refractivity contribution in [3.8, 4) is 0 Å². The van der Waals surface area contributed by atoms with Gasteiger partial charge in [0.25, 0.3) is 0 Å². The predicted molar refractivity (Wildman–Crippen MR) is 72.4 cm³/mol. The third-order valence-electron chi connectivity index (χ3n) is 4.78. The van der Waals surface area contributed by atoms with Crippen LogP contribution in [-0.4, -0.2) is 53.3 Å². The van der Waals surface area contributed by atoms with E-state index in [4.69, 9.17) is 10.5 Å². The Kier molecular flexibility index (Phi) is 3.41. The maximum atomic E-state index is 6.15. The van der Waals surface area contributed by atoms with Crippen molar-refractivity contribution in [2.45, 2.75) is 55.5 Å². The Morgan fingerprint density at radius 3 is 3.06 bits per heavy atom. The van der Waals surface area contributed by atoms with Crippen LogP contribution in [0.2, 0.25) is 0 Å². The highest BCUT2D eigenvalue weighted by Gasteiger charge is 2.48. The van der Waals surface area contributed by atoms with Crippen molar-refractivity contribution in [3.05, 3.63) is 0 Å². The number of fused-ring (bicyclic) bond motifs is 1. The molecule has 0 amide bonds. The summed E-state index contributed by atoms with van der Waals surface area (Å²) in [4.78, 5) is 2.73. The van der Waals surface area contributed by atoms with E-state index in [9.17, 15) is 0 Å². The topological polar surface area (TPSA) is 38.5 Å². The minimum absolute atomic E-state index is 0.265. The smallest absolute Gasteiger partial charge is 0.0731 e. The van der Waals surface area contributed by atoms with E-state index in [1.165, 1.54) is 31.4 Å². The first kappa shape index (κ1) is 12.3. The van der Waals surface area contributed by atoms with Gasteiger partial charge in [-0.05, 0) is 25.7 Å². The van der Waals surface area contributed by atoms with E-state index in [0.717, 1.165) is 24.9 Å². The molecule has 2 aliphatic heterocycles. The van der Waals surface area contributed by atoms with Crippen LogP contribution in [0.5, 0.6) is 0 Å². The molecule has 4 unspecified atom stereocenters. The lowest BCUT2D eigenvalue weighted by molar-refractivity contribution is -0.0921. The molecule has 4 heteroatoms. The largest absolute Gasteiger partial charge is 0.375 e. The molecule has 0 radical (unpaired) electrons. The summed E-state index contributed by atoms with van der Waals surface area (Å²) < 4.78 is 5.92. The van der Waals surface area contributed by atoms with Crippen LogP contribution in [0.15, 0.2) is 0 Å².